The first-order valence-corrected chi connectivity index (χ1v) is 7.96. The Morgan fingerprint density at radius 3 is 2.05 bits per heavy atom. The normalized spacial score (nSPS) is 17.5. The fraction of sp³-hybridized carbons (Fsp3) is 0.500. The second-order valence-electron chi connectivity index (χ2n) is 4.72. The van der Waals surface area contributed by atoms with Crippen molar-refractivity contribution in [1.29, 1.82) is 0 Å². The third kappa shape index (κ3) is 3.08. The highest BCUT2D eigenvalue weighted by Gasteiger charge is 2.26. The van der Waals surface area contributed by atoms with Crippen LogP contribution in [0.5, 0.6) is 0 Å². The van der Waals surface area contributed by atoms with Crippen LogP contribution in [0.15, 0.2) is 12.1 Å². The van der Waals surface area contributed by atoms with Crippen LogP contribution in [-0.4, -0.2) is 50.3 Å². The number of rotatable bonds is 3. The van der Waals surface area contributed by atoms with E-state index in [0.717, 1.165) is 18.4 Å². The van der Waals surface area contributed by atoms with E-state index in [9.17, 15) is 17.2 Å². The lowest BCUT2D eigenvalue weighted by Crippen LogP contribution is -2.48. The Balaban J connectivity index is 2.19. The lowest BCUT2D eigenvalue weighted by Gasteiger charge is -2.35. The zero-order valence-corrected chi connectivity index (χ0v) is 11.8. The van der Waals surface area contributed by atoms with E-state index in [4.69, 9.17) is 5.11 Å². The van der Waals surface area contributed by atoms with E-state index in [1.165, 1.54) is 9.21 Å². The number of hydrogen-bond donors (Lipinski definition) is 1. The summed E-state index contributed by atoms with van der Waals surface area (Å²) in [4.78, 5) is 1.48. The lowest BCUT2D eigenvalue weighted by atomic mass is 10.1. The topological polar surface area (TPSA) is 60.9 Å². The second-order valence-corrected chi connectivity index (χ2v) is 6.70. The molecular weight excluding hydrogens is 290 g/mol. The number of hydrogen-bond acceptors (Lipinski definition) is 4. The molecule has 1 aromatic rings. The molecule has 0 saturated carbocycles. The monoisotopic (exact) mass is 306 g/mol. The Hall–Kier alpha value is -1.25. The van der Waals surface area contributed by atoms with E-state index in [1.54, 1.807) is 0 Å². The van der Waals surface area contributed by atoms with Gasteiger partial charge >= 0.3 is 0 Å². The Morgan fingerprint density at radius 1 is 1.15 bits per heavy atom. The third-order valence-electron chi connectivity index (χ3n) is 3.28. The highest BCUT2D eigenvalue weighted by molar-refractivity contribution is 7.88. The zero-order valence-electron chi connectivity index (χ0n) is 11.0. The third-order valence-corrected chi connectivity index (χ3v) is 4.59. The summed E-state index contributed by atoms with van der Waals surface area (Å²) < 4.78 is 51.8. The van der Waals surface area contributed by atoms with Gasteiger partial charge in [0.25, 0.3) is 0 Å². The minimum Gasteiger partial charge on any atom is -0.392 e. The van der Waals surface area contributed by atoms with Crippen molar-refractivity contribution in [3.05, 3.63) is 29.3 Å². The first kappa shape index (κ1) is 15.1. The van der Waals surface area contributed by atoms with Crippen molar-refractivity contribution in [3.63, 3.8) is 0 Å². The summed E-state index contributed by atoms with van der Waals surface area (Å²) in [6.07, 6.45) is 1.11. The number of piperazine rings is 1. The number of aliphatic hydroxyl groups is 1. The van der Waals surface area contributed by atoms with E-state index < -0.39 is 28.3 Å². The first-order valence-electron chi connectivity index (χ1n) is 6.12. The molecule has 20 heavy (non-hydrogen) atoms. The Kier molecular flexibility index (Phi) is 4.26. The van der Waals surface area contributed by atoms with Gasteiger partial charge in [-0.25, -0.2) is 17.2 Å². The molecule has 1 aliphatic heterocycles. The molecule has 0 bridgehead atoms. The van der Waals surface area contributed by atoms with E-state index >= 15 is 0 Å². The minimum absolute atomic E-state index is 0.165. The molecule has 2 rings (SSSR count). The summed E-state index contributed by atoms with van der Waals surface area (Å²) in [6.45, 7) is 0.396. The SMILES string of the molecule is CS(=O)(=O)N1CCN(c2c(F)cc(CO)cc2F)CC1. The molecule has 112 valence electrons. The van der Waals surface area contributed by atoms with Crippen molar-refractivity contribution >= 4 is 15.7 Å². The van der Waals surface area contributed by atoms with Gasteiger partial charge in [-0.3, -0.25) is 0 Å². The maximum absolute atomic E-state index is 13.9. The molecule has 1 N–H and O–H groups in total. The largest absolute Gasteiger partial charge is 0.392 e. The quantitative estimate of drug-likeness (QED) is 0.885. The van der Waals surface area contributed by atoms with Crippen LogP contribution < -0.4 is 4.90 Å². The van der Waals surface area contributed by atoms with Crippen molar-refractivity contribution in [2.75, 3.05) is 37.3 Å². The van der Waals surface area contributed by atoms with Gasteiger partial charge in [0.2, 0.25) is 10.0 Å². The van der Waals surface area contributed by atoms with Gasteiger partial charge in [-0.15, -0.1) is 0 Å². The van der Waals surface area contributed by atoms with E-state index in [1.807, 2.05) is 0 Å². The van der Waals surface area contributed by atoms with E-state index in [0.29, 0.717) is 0 Å². The molecule has 8 heteroatoms. The molecule has 0 amide bonds. The van der Waals surface area contributed by atoms with Gasteiger partial charge in [0.05, 0.1) is 12.9 Å². The van der Waals surface area contributed by atoms with Crippen molar-refractivity contribution in [2.24, 2.45) is 0 Å². The number of halogens is 2. The Labute approximate surface area is 116 Å². The number of sulfonamides is 1. The predicted molar refractivity (Wildman–Crippen MR) is 70.9 cm³/mol. The summed E-state index contributed by atoms with van der Waals surface area (Å²) in [5.74, 6) is -1.50. The Bertz CT molecular complexity index is 576. The molecule has 0 aromatic heterocycles. The number of anilines is 1. The van der Waals surface area contributed by atoms with Crippen LogP contribution in [0, 0.1) is 11.6 Å². The average Bonchev–Trinajstić information content (AvgIpc) is 2.37. The molecular formula is C12H16F2N2O3S. The van der Waals surface area contributed by atoms with Crippen LogP contribution in [0.1, 0.15) is 5.56 Å². The van der Waals surface area contributed by atoms with E-state index in [-0.39, 0.29) is 37.4 Å². The van der Waals surface area contributed by atoms with Gasteiger partial charge in [-0.2, -0.15) is 4.31 Å². The minimum atomic E-state index is -3.28. The maximum atomic E-state index is 13.9. The average molecular weight is 306 g/mol. The summed E-state index contributed by atoms with van der Waals surface area (Å²) >= 11 is 0. The summed E-state index contributed by atoms with van der Waals surface area (Å²) in [6, 6.07) is 2.17. The van der Waals surface area contributed by atoms with Gasteiger partial charge in [0.15, 0.2) is 0 Å². The van der Waals surface area contributed by atoms with Crippen molar-refractivity contribution in [2.45, 2.75) is 6.61 Å². The van der Waals surface area contributed by atoms with E-state index in [2.05, 4.69) is 0 Å². The Morgan fingerprint density at radius 2 is 1.65 bits per heavy atom. The van der Waals surface area contributed by atoms with Crippen LogP contribution in [0.2, 0.25) is 0 Å². The summed E-state index contributed by atoms with van der Waals surface area (Å²) in [5, 5.41) is 8.89. The highest BCUT2D eigenvalue weighted by atomic mass is 32.2. The van der Waals surface area contributed by atoms with Gasteiger partial charge in [-0.1, -0.05) is 0 Å². The van der Waals surface area contributed by atoms with Crippen LogP contribution in [-0.2, 0) is 16.6 Å². The molecule has 1 fully saturated rings. The van der Waals surface area contributed by atoms with Crippen LogP contribution in [0.25, 0.3) is 0 Å². The summed E-state index contributed by atoms with van der Waals surface area (Å²) in [5.41, 5.74) is -0.00567. The number of aliphatic hydroxyl groups excluding tert-OH is 1. The molecule has 1 saturated heterocycles. The van der Waals surface area contributed by atoms with Crippen LogP contribution >= 0.6 is 0 Å². The van der Waals surface area contributed by atoms with Gasteiger partial charge in [-0.05, 0) is 17.7 Å². The molecule has 1 heterocycles. The highest BCUT2D eigenvalue weighted by Crippen LogP contribution is 2.26. The molecule has 0 aliphatic carbocycles. The molecule has 0 radical (unpaired) electrons. The number of nitrogens with zero attached hydrogens (tertiary/aromatic N) is 2. The van der Waals surface area contributed by atoms with Gasteiger partial charge < -0.3 is 10.0 Å². The standard InChI is InChI=1S/C12H16F2N2O3S/c1-20(18,19)16-4-2-15(3-5-16)12-10(13)6-9(8-17)7-11(12)14/h6-7,17H,2-5,8H2,1H3. The van der Waals surface area contributed by atoms with Crippen molar-refractivity contribution in [1.82, 2.24) is 4.31 Å². The van der Waals surface area contributed by atoms with Gasteiger partial charge in [0.1, 0.15) is 17.3 Å². The molecule has 0 spiro atoms. The summed E-state index contributed by atoms with van der Waals surface area (Å²) in [7, 11) is -3.28. The van der Waals surface area contributed by atoms with Crippen molar-refractivity contribution < 1.29 is 22.3 Å². The van der Waals surface area contributed by atoms with Gasteiger partial charge in [0, 0.05) is 26.2 Å². The smallest absolute Gasteiger partial charge is 0.211 e. The zero-order chi connectivity index (χ0) is 14.9. The maximum Gasteiger partial charge on any atom is 0.211 e. The predicted octanol–water partition coefficient (Wildman–Crippen LogP) is 0.539. The molecule has 0 unspecified atom stereocenters. The molecule has 1 aromatic carbocycles. The fourth-order valence-corrected chi connectivity index (χ4v) is 3.08. The lowest BCUT2D eigenvalue weighted by molar-refractivity contribution is 0.280. The molecule has 5 nitrogen and oxygen atoms in total. The first-order chi connectivity index (χ1) is 9.32. The second kappa shape index (κ2) is 5.63. The number of benzene rings is 1. The molecule has 0 atom stereocenters. The van der Waals surface area contributed by atoms with Crippen LogP contribution in [0.4, 0.5) is 14.5 Å². The van der Waals surface area contributed by atoms with Crippen LogP contribution in [0.3, 0.4) is 0 Å². The van der Waals surface area contributed by atoms with Crippen molar-refractivity contribution in [3.8, 4) is 0 Å². The fourth-order valence-electron chi connectivity index (χ4n) is 2.25. The molecule has 1 aliphatic rings.